The molecule has 0 saturated heterocycles. The van der Waals surface area contributed by atoms with Crippen LogP contribution in [-0.4, -0.2) is 22.4 Å². The molecule has 11 heteroatoms. The fourth-order valence-corrected chi connectivity index (χ4v) is 5.27. The minimum Gasteiger partial charge on any atom is -0.399 e. The lowest BCUT2D eigenvalue weighted by molar-refractivity contribution is -0.143. The van der Waals surface area contributed by atoms with E-state index in [0.29, 0.717) is 52.8 Å². The standard InChI is InChI=1S/C29H23F6N3O2/c1-37(15-16-11-19(28(30,31)32)14-20(12-16)29(33,34)35)26(39)24-23(18-6-2-8-21(36)13-18)22-9-3-5-17-7-4-10-38(25(17)22)27(24)40/h2-3,5-6,8-9,11-14H,4,7,10,15,36H2,1H3. The highest BCUT2D eigenvalue weighted by Gasteiger charge is 2.37. The van der Waals surface area contributed by atoms with Crippen LogP contribution >= 0.6 is 0 Å². The number of nitrogens with two attached hydrogens (primary N) is 1. The van der Waals surface area contributed by atoms with Gasteiger partial charge in [-0.1, -0.05) is 30.3 Å². The van der Waals surface area contributed by atoms with Crippen molar-refractivity contribution in [1.29, 1.82) is 0 Å². The highest BCUT2D eigenvalue weighted by molar-refractivity contribution is 6.09. The first kappa shape index (κ1) is 27.3. The quantitative estimate of drug-likeness (QED) is 0.229. The smallest absolute Gasteiger partial charge is 0.399 e. The molecule has 3 aromatic carbocycles. The lowest BCUT2D eigenvalue weighted by Gasteiger charge is -2.25. The summed E-state index contributed by atoms with van der Waals surface area (Å²) < 4.78 is 81.9. The third-order valence-corrected chi connectivity index (χ3v) is 7.00. The molecule has 1 aromatic heterocycles. The Morgan fingerprint density at radius 2 is 1.60 bits per heavy atom. The lowest BCUT2D eigenvalue weighted by Crippen LogP contribution is -2.36. The second-order valence-electron chi connectivity index (χ2n) is 9.82. The van der Waals surface area contributed by atoms with E-state index in [1.807, 2.05) is 12.1 Å². The average molecular weight is 560 g/mol. The summed E-state index contributed by atoms with van der Waals surface area (Å²) in [5, 5.41) is 0.623. The molecule has 5 rings (SSSR count). The van der Waals surface area contributed by atoms with Crippen LogP contribution in [0.3, 0.4) is 0 Å². The van der Waals surface area contributed by atoms with Crippen LogP contribution in [0.25, 0.3) is 22.0 Å². The average Bonchev–Trinajstić information content (AvgIpc) is 2.89. The van der Waals surface area contributed by atoms with E-state index in [-0.39, 0.29) is 17.2 Å². The molecule has 1 aliphatic rings. The molecule has 0 unspecified atom stereocenters. The number of aromatic nitrogens is 1. The van der Waals surface area contributed by atoms with Crippen molar-refractivity contribution in [1.82, 2.24) is 9.47 Å². The molecule has 0 spiro atoms. The molecule has 0 atom stereocenters. The number of anilines is 1. The third kappa shape index (κ3) is 4.91. The van der Waals surface area contributed by atoms with Crippen LogP contribution in [0.4, 0.5) is 32.0 Å². The number of halogens is 6. The first-order chi connectivity index (χ1) is 18.8. The van der Waals surface area contributed by atoms with Gasteiger partial charge in [0.1, 0.15) is 5.56 Å². The molecule has 2 N–H and O–H groups in total. The number of pyridine rings is 1. The van der Waals surface area contributed by atoms with Gasteiger partial charge in [-0.25, -0.2) is 0 Å². The van der Waals surface area contributed by atoms with Crippen LogP contribution in [0.2, 0.25) is 0 Å². The monoisotopic (exact) mass is 559 g/mol. The maximum absolute atomic E-state index is 13.9. The number of hydrogen-bond donors (Lipinski definition) is 1. The number of alkyl halides is 6. The number of nitrogens with zero attached hydrogens (tertiary/aromatic N) is 2. The second kappa shape index (κ2) is 9.72. The number of carbonyl (C=O) groups excluding carboxylic acids is 1. The molecule has 40 heavy (non-hydrogen) atoms. The Bertz CT molecular complexity index is 1670. The summed E-state index contributed by atoms with van der Waals surface area (Å²) in [5.41, 5.74) is 4.62. The van der Waals surface area contributed by atoms with Gasteiger partial charge < -0.3 is 15.2 Å². The minimum atomic E-state index is -5.03. The number of hydrogen-bond acceptors (Lipinski definition) is 3. The fourth-order valence-electron chi connectivity index (χ4n) is 5.27. The summed E-state index contributed by atoms with van der Waals surface area (Å²) in [7, 11) is 1.23. The van der Waals surface area contributed by atoms with Gasteiger partial charge >= 0.3 is 12.4 Å². The predicted octanol–water partition coefficient (Wildman–Crippen LogP) is 6.51. The van der Waals surface area contributed by atoms with E-state index in [1.165, 1.54) is 11.6 Å². The molecule has 2 heterocycles. The van der Waals surface area contributed by atoms with Gasteiger partial charge in [-0.15, -0.1) is 0 Å². The number of amides is 1. The summed E-state index contributed by atoms with van der Waals surface area (Å²) in [6.45, 7) is -0.240. The van der Waals surface area contributed by atoms with Gasteiger partial charge in [0.25, 0.3) is 11.5 Å². The number of para-hydroxylation sites is 1. The number of benzene rings is 3. The Kier molecular flexibility index (Phi) is 6.63. The van der Waals surface area contributed by atoms with Gasteiger partial charge in [0.15, 0.2) is 0 Å². The second-order valence-corrected chi connectivity index (χ2v) is 9.82. The van der Waals surface area contributed by atoms with E-state index in [4.69, 9.17) is 5.73 Å². The number of rotatable bonds is 4. The summed E-state index contributed by atoms with van der Waals surface area (Å²) in [6, 6.07) is 13.3. The summed E-state index contributed by atoms with van der Waals surface area (Å²) in [6.07, 6.45) is -8.66. The van der Waals surface area contributed by atoms with Crippen molar-refractivity contribution in [3.63, 3.8) is 0 Å². The highest BCUT2D eigenvalue weighted by Crippen LogP contribution is 2.38. The normalized spacial score (nSPS) is 13.5. The van der Waals surface area contributed by atoms with Gasteiger partial charge in [-0.2, -0.15) is 26.3 Å². The number of aryl methyl sites for hydroxylation is 2. The van der Waals surface area contributed by atoms with Crippen LogP contribution in [-0.2, 0) is 31.9 Å². The molecule has 1 aliphatic heterocycles. The van der Waals surface area contributed by atoms with Crippen LogP contribution < -0.4 is 11.3 Å². The summed E-state index contributed by atoms with van der Waals surface area (Å²) in [5.74, 6) is -0.838. The van der Waals surface area contributed by atoms with Crippen LogP contribution in [0.5, 0.6) is 0 Å². The van der Waals surface area contributed by atoms with E-state index in [9.17, 15) is 35.9 Å². The van der Waals surface area contributed by atoms with Gasteiger partial charge in [0.05, 0.1) is 16.6 Å². The van der Waals surface area contributed by atoms with Gasteiger partial charge in [0.2, 0.25) is 0 Å². The molecule has 0 bridgehead atoms. The fraction of sp³-hybridized carbons (Fsp3) is 0.241. The Morgan fingerprint density at radius 1 is 0.950 bits per heavy atom. The Balaban J connectivity index is 1.67. The van der Waals surface area contributed by atoms with Crippen molar-refractivity contribution in [2.24, 2.45) is 0 Å². The SMILES string of the molecule is CN(Cc1cc(C(F)(F)F)cc(C(F)(F)F)c1)C(=O)c1c(-c2cccc(N)c2)c2cccc3c2n(c1=O)CCC3. The number of nitrogen functional groups attached to an aromatic ring is 1. The molecule has 0 aliphatic carbocycles. The highest BCUT2D eigenvalue weighted by atomic mass is 19.4. The molecular formula is C29H23F6N3O2. The zero-order valence-corrected chi connectivity index (χ0v) is 21.2. The topological polar surface area (TPSA) is 68.3 Å². The van der Waals surface area contributed by atoms with Crippen LogP contribution in [0.15, 0.2) is 65.5 Å². The lowest BCUT2D eigenvalue weighted by atomic mass is 9.91. The zero-order valence-electron chi connectivity index (χ0n) is 21.2. The van der Waals surface area contributed by atoms with Crippen molar-refractivity contribution < 1.29 is 31.1 Å². The molecule has 5 nitrogen and oxygen atoms in total. The van der Waals surface area contributed by atoms with Crippen LogP contribution in [0.1, 0.15) is 39.0 Å². The van der Waals surface area contributed by atoms with Crippen molar-refractivity contribution in [2.75, 3.05) is 12.8 Å². The van der Waals surface area contributed by atoms with Crippen molar-refractivity contribution in [3.8, 4) is 11.1 Å². The van der Waals surface area contributed by atoms with E-state index >= 15 is 0 Å². The van der Waals surface area contributed by atoms with E-state index in [2.05, 4.69) is 0 Å². The van der Waals surface area contributed by atoms with E-state index in [0.717, 1.165) is 16.9 Å². The molecule has 208 valence electrons. The largest absolute Gasteiger partial charge is 0.416 e. The Labute approximate surface area is 224 Å². The maximum Gasteiger partial charge on any atom is 0.416 e. The Morgan fingerprint density at radius 3 is 2.23 bits per heavy atom. The molecule has 0 fully saturated rings. The minimum absolute atomic E-state index is 0.0291. The Hall–Kier alpha value is -4.28. The molecule has 0 radical (unpaired) electrons. The predicted molar refractivity (Wildman–Crippen MR) is 139 cm³/mol. The van der Waals surface area contributed by atoms with Crippen molar-refractivity contribution >= 4 is 22.5 Å². The molecule has 1 amide bonds. The number of carbonyl (C=O) groups is 1. The van der Waals surface area contributed by atoms with Gasteiger partial charge in [-0.05, 0) is 59.9 Å². The zero-order chi connectivity index (χ0) is 29.0. The first-order valence-corrected chi connectivity index (χ1v) is 12.3. The first-order valence-electron chi connectivity index (χ1n) is 12.3. The van der Waals surface area contributed by atoms with Gasteiger partial charge in [-0.3, -0.25) is 9.59 Å². The van der Waals surface area contributed by atoms with Crippen LogP contribution in [0, 0.1) is 0 Å². The molecule has 4 aromatic rings. The maximum atomic E-state index is 13.9. The summed E-state index contributed by atoms with van der Waals surface area (Å²) >= 11 is 0. The van der Waals surface area contributed by atoms with E-state index < -0.39 is 41.5 Å². The van der Waals surface area contributed by atoms with Crippen molar-refractivity contribution in [2.45, 2.75) is 38.3 Å². The molecular weight excluding hydrogens is 536 g/mol. The molecule has 0 saturated carbocycles. The van der Waals surface area contributed by atoms with Gasteiger partial charge in [0, 0.05) is 36.8 Å². The van der Waals surface area contributed by atoms with Crippen molar-refractivity contribution in [3.05, 3.63) is 98.8 Å². The third-order valence-electron chi connectivity index (χ3n) is 7.00. The van der Waals surface area contributed by atoms with E-state index in [1.54, 1.807) is 30.3 Å². The summed E-state index contributed by atoms with van der Waals surface area (Å²) in [4.78, 5) is 28.7.